The number of rotatable bonds is 3. The molecule has 3 aromatic carbocycles. The first-order chi connectivity index (χ1) is 16.6. The summed E-state index contributed by atoms with van der Waals surface area (Å²) in [5.41, 5.74) is -1.38. The van der Waals surface area contributed by atoms with E-state index in [0.29, 0.717) is 29.8 Å². The van der Waals surface area contributed by atoms with Crippen LogP contribution < -0.4 is 9.80 Å². The van der Waals surface area contributed by atoms with Crippen LogP contribution in [0.15, 0.2) is 72.8 Å². The molecule has 8 heteroatoms. The molecule has 3 aromatic rings. The van der Waals surface area contributed by atoms with E-state index < -0.39 is 29.0 Å². The summed E-state index contributed by atoms with van der Waals surface area (Å²) in [5, 5.41) is 12.5. The van der Waals surface area contributed by atoms with Crippen molar-refractivity contribution in [2.45, 2.75) is 43.6 Å². The van der Waals surface area contributed by atoms with Crippen LogP contribution in [0.1, 0.15) is 36.0 Å². The van der Waals surface area contributed by atoms with Gasteiger partial charge in [0.05, 0.1) is 12.1 Å². The van der Waals surface area contributed by atoms with E-state index >= 15 is 0 Å². The van der Waals surface area contributed by atoms with Gasteiger partial charge in [0.2, 0.25) is 0 Å². The van der Waals surface area contributed by atoms with Crippen molar-refractivity contribution in [1.82, 2.24) is 0 Å². The molecule has 1 heterocycles. The predicted octanol–water partition coefficient (Wildman–Crippen LogP) is 6.78. The zero-order chi connectivity index (χ0) is 25.0. The highest BCUT2D eigenvalue weighted by molar-refractivity contribution is 6.09. The SMILES string of the molecule is [C-]#[N+]c1cccc(C2(O)N(c3ccc(C)cc3)C(=O)N(c3ccc(C(F)(F)F)cc3)C23CCC3)c1. The molecule has 1 N–H and O–H groups in total. The molecule has 1 aliphatic carbocycles. The topological polar surface area (TPSA) is 48.1 Å². The normalized spacial score (nSPS) is 21.2. The zero-order valence-electron chi connectivity index (χ0n) is 18.9. The van der Waals surface area contributed by atoms with Gasteiger partial charge in [-0.2, -0.15) is 13.2 Å². The number of amides is 2. The molecular weight excluding hydrogens is 455 g/mol. The summed E-state index contributed by atoms with van der Waals surface area (Å²) in [6, 6.07) is 17.6. The van der Waals surface area contributed by atoms with Crippen LogP contribution in [0, 0.1) is 13.5 Å². The molecule has 1 saturated carbocycles. The van der Waals surface area contributed by atoms with Crippen LogP contribution in [0.5, 0.6) is 0 Å². The summed E-state index contributed by atoms with van der Waals surface area (Å²) in [7, 11) is 0. The number of nitrogens with zero attached hydrogens (tertiary/aromatic N) is 3. The van der Waals surface area contributed by atoms with E-state index in [0.717, 1.165) is 24.1 Å². The van der Waals surface area contributed by atoms with E-state index in [-0.39, 0.29) is 5.69 Å². The number of aryl methyl sites for hydroxylation is 1. The number of urea groups is 1. The Kier molecular flexibility index (Phi) is 5.15. The maximum absolute atomic E-state index is 14.0. The third-order valence-electron chi connectivity index (χ3n) is 7.09. The smallest absolute Gasteiger partial charge is 0.365 e. The van der Waals surface area contributed by atoms with E-state index in [9.17, 15) is 23.1 Å². The molecule has 178 valence electrons. The van der Waals surface area contributed by atoms with Gasteiger partial charge in [0, 0.05) is 11.4 Å². The number of alkyl halides is 3. The second-order valence-electron chi connectivity index (χ2n) is 9.05. The molecular formula is C27H22F3N3O2. The molecule has 2 aliphatic rings. The van der Waals surface area contributed by atoms with Crippen LogP contribution in [0.4, 0.5) is 35.0 Å². The van der Waals surface area contributed by atoms with Gasteiger partial charge in [-0.25, -0.2) is 9.64 Å². The Morgan fingerprint density at radius 2 is 1.54 bits per heavy atom. The zero-order valence-corrected chi connectivity index (χ0v) is 18.9. The highest BCUT2D eigenvalue weighted by Crippen LogP contribution is 2.59. The average Bonchev–Trinajstić information content (AvgIpc) is 3.04. The largest absolute Gasteiger partial charge is 0.416 e. The van der Waals surface area contributed by atoms with Gasteiger partial charge in [-0.05, 0) is 74.2 Å². The van der Waals surface area contributed by atoms with E-state index in [2.05, 4.69) is 4.85 Å². The lowest BCUT2D eigenvalue weighted by molar-refractivity contribution is -0.137. The van der Waals surface area contributed by atoms with Crippen molar-refractivity contribution in [2.24, 2.45) is 0 Å². The van der Waals surface area contributed by atoms with Crippen molar-refractivity contribution in [3.05, 3.63) is 101 Å². The Balaban J connectivity index is 1.72. The third-order valence-corrected chi connectivity index (χ3v) is 7.09. The minimum atomic E-state index is -4.50. The second-order valence-corrected chi connectivity index (χ2v) is 9.05. The highest BCUT2D eigenvalue weighted by atomic mass is 19.4. The first-order valence-corrected chi connectivity index (χ1v) is 11.2. The van der Waals surface area contributed by atoms with E-state index in [1.807, 2.05) is 19.1 Å². The number of benzene rings is 3. The maximum Gasteiger partial charge on any atom is 0.416 e. The first-order valence-electron chi connectivity index (χ1n) is 11.2. The predicted molar refractivity (Wildman–Crippen MR) is 126 cm³/mol. The van der Waals surface area contributed by atoms with Crippen molar-refractivity contribution in [2.75, 3.05) is 9.80 Å². The van der Waals surface area contributed by atoms with Crippen LogP contribution in [0.3, 0.4) is 0 Å². The number of hydrogen-bond donors (Lipinski definition) is 1. The van der Waals surface area contributed by atoms with Gasteiger partial charge in [0.25, 0.3) is 0 Å². The minimum absolute atomic E-state index is 0.275. The molecule has 0 radical (unpaired) electrons. The molecule has 0 aromatic heterocycles. The van der Waals surface area contributed by atoms with Crippen molar-refractivity contribution >= 4 is 23.1 Å². The molecule has 1 atom stereocenters. The van der Waals surface area contributed by atoms with E-state index in [1.54, 1.807) is 36.4 Å². The van der Waals surface area contributed by atoms with Crippen molar-refractivity contribution in [1.29, 1.82) is 0 Å². The van der Waals surface area contributed by atoms with E-state index in [4.69, 9.17) is 6.57 Å². The van der Waals surface area contributed by atoms with Gasteiger partial charge < -0.3 is 5.11 Å². The standard InChI is InChI=1S/C27H22F3N3O2/c1-18-7-11-23(12-8-18)33-24(34)32(22-13-9-19(10-14-22)27(28,29)30)25(15-4-16-25)26(33,35)20-5-3-6-21(17-20)31-2/h3,5-14,17,35H,4,15-16H2,1H3. The fourth-order valence-electron chi connectivity index (χ4n) is 5.21. The van der Waals surface area contributed by atoms with Gasteiger partial charge in [-0.3, -0.25) is 9.80 Å². The Hall–Kier alpha value is -3.83. The number of carbonyl (C=O) groups is 1. The number of carbonyl (C=O) groups excluding carboxylic acids is 1. The molecule has 2 fully saturated rings. The number of halogens is 3. The highest BCUT2D eigenvalue weighted by Gasteiger charge is 2.70. The molecule has 5 nitrogen and oxygen atoms in total. The van der Waals surface area contributed by atoms with Crippen LogP contribution in [0.2, 0.25) is 0 Å². The Morgan fingerprint density at radius 3 is 2.09 bits per heavy atom. The second kappa shape index (κ2) is 7.85. The Morgan fingerprint density at radius 1 is 0.943 bits per heavy atom. The number of hydrogen-bond acceptors (Lipinski definition) is 2. The van der Waals surface area contributed by atoms with Crippen LogP contribution >= 0.6 is 0 Å². The van der Waals surface area contributed by atoms with Gasteiger partial charge in [0.15, 0.2) is 11.4 Å². The third kappa shape index (κ3) is 3.30. The molecule has 1 saturated heterocycles. The molecule has 0 bridgehead atoms. The van der Waals surface area contributed by atoms with Crippen LogP contribution in [0.25, 0.3) is 4.85 Å². The van der Waals surface area contributed by atoms with Gasteiger partial charge >= 0.3 is 12.2 Å². The van der Waals surface area contributed by atoms with Gasteiger partial charge in [-0.15, -0.1) is 0 Å². The molecule has 35 heavy (non-hydrogen) atoms. The fourth-order valence-corrected chi connectivity index (χ4v) is 5.21. The van der Waals surface area contributed by atoms with Crippen LogP contribution in [-0.4, -0.2) is 16.7 Å². The van der Waals surface area contributed by atoms with E-state index in [1.165, 1.54) is 21.9 Å². The lowest BCUT2D eigenvalue weighted by Gasteiger charge is -2.52. The summed E-state index contributed by atoms with van der Waals surface area (Å²) < 4.78 is 39.5. The van der Waals surface area contributed by atoms with Crippen LogP contribution in [-0.2, 0) is 11.9 Å². The van der Waals surface area contributed by atoms with Crippen molar-refractivity contribution in [3.63, 3.8) is 0 Å². The molecule has 2 amide bonds. The number of anilines is 2. The van der Waals surface area contributed by atoms with Crippen molar-refractivity contribution in [3.8, 4) is 0 Å². The summed E-state index contributed by atoms with van der Waals surface area (Å²) >= 11 is 0. The molecule has 1 spiro atoms. The summed E-state index contributed by atoms with van der Waals surface area (Å²) in [6.45, 7) is 9.32. The summed E-state index contributed by atoms with van der Waals surface area (Å²) in [4.78, 5) is 20.3. The fraction of sp³-hybridized carbons (Fsp3) is 0.259. The summed E-state index contributed by atoms with van der Waals surface area (Å²) in [5.74, 6) is 0. The molecule has 1 unspecified atom stereocenters. The number of aliphatic hydroxyl groups is 1. The Labute approximate surface area is 200 Å². The van der Waals surface area contributed by atoms with Gasteiger partial charge in [0.1, 0.15) is 5.54 Å². The summed E-state index contributed by atoms with van der Waals surface area (Å²) in [6.07, 6.45) is -2.88. The Bertz CT molecular complexity index is 1330. The average molecular weight is 477 g/mol. The van der Waals surface area contributed by atoms with Crippen molar-refractivity contribution < 1.29 is 23.1 Å². The lowest BCUT2D eigenvalue weighted by Crippen LogP contribution is -2.63. The first kappa shape index (κ1) is 22.9. The molecule has 5 rings (SSSR count). The molecule has 1 aliphatic heterocycles. The minimum Gasteiger partial charge on any atom is -0.365 e. The maximum atomic E-state index is 14.0. The quantitative estimate of drug-likeness (QED) is 0.423. The monoisotopic (exact) mass is 477 g/mol. The van der Waals surface area contributed by atoms with Gasteiger partial charge in [-0.1, -0.05) is 35.9 Å². The lowest BCUT2D eigenvalue weighted by atomic mass is 9.66.